The van der Waals surface area contributed by atoms with Gasteiger partial charge in [0.1, 0.15) is 16.5 Å². The first-order valence-electron chi connectivity index (χ1n) is 5.77. The fourth-order valence-corrected chi connectivity index (χ4v) is 2.88. The van der Waals surface area contributed by atoms with Gasteiger partial charge in [-0.05, 0) is 36.4 Å². The van der Waals surface area contributed by atoms with Crippen LogP contribution in [0, 0.1) is 11.6 Å². The lowest BCUT2D eigenvalue weighted by atomic mass is 10.2. The molecule has 2 aromatic carbocycles. The summed E-state index contributed by atoms with van der Waals surface area (Å²) in [6.07, 6.45) is -4.87. The van der Waals surface area contributed by atoms with Crippen LogP contribution in [0.25, 0.3) is 0 Å². The maximum absolute atomic E-state index is 13.6. The highest BCUT2D eigenvalue weighted by molar-refractivity contribution is 7.87. The summed E-state index contributed by atoms with van der Waals surface area (Å²) in [5.41, 5.74) is -1.37. The minimum Gasteiger partial charge on any atom is -0.377 e. The van der Waals surface area contributed by atoms with Gasteiger partial charge >= 0.3 is 16.3 Å². The van der Waals surface area contributed by atoms with Gasteiger partial charge in [0.05, 0.1) is 10.6 Å². The molecule has 0 heterocycles. The van der Waals surface area contributed by atoms with E-state index in [0.29, 0.717) is 12.1 Å². The van der Waals surface area contributed by atoms with Gasteiger partial charge in [-0.25, -0.2) is 8.78 Å². The summed E-state index contributed by atoms with van der Waals surface area (Å²) >= 11 is 5.56. The van der Waals surface area contributed by atoms with Crippen molar-refractivity contribution < 1.29 is 34.6 Å². The van der Waals surface area contributed by atoms with Crippen LogP contribution in [-0.4, -0.2) is 8.42 Å². The Kier molecular flexibility index (Phi) is 4.54. The first kappa shape index (κ1) is 17.5. The average molecular weight is 373 g/mol. The highest BCUT2D eigenvalue weighted by Crippen LogP contribution is 2.33. The Hall–Kier alpha value is -1.87. The largest absolute Gasteiger partial charge is 0.416 e. The molecule has 2 rings (SSSR count). The maximum atomic E-state index is 13.6. The SMILES string of the molecule is O=S(=O)(Oc1ccc(F)cc1Cl)c1cc(C(F)(F)F)ccc1F. The van der Waals surface area contributed by atoms with Crippen molar-refractivity contribution in [3.63, 3.8) is 0 Å². The molecule has 0 amide bonds. The molecule has 2 aromatic rings. The number of benzene rings is 2. The zero-order valence-electron chi connectivity index (χ0n) is 10.9. The molecule has 0 aliphatic carbocycles. The van der Waals surface area contributed by atoms with Gasteiger partial charge in [0, 0.05) is 0 Å². The van der Waals surface area contributed by atoms with Gasteiger partial charge in [-0.2, -0.15) is 21.6 Å². The second-order valence-corrected chi connectivity index (χ2v) is 6.18. The number of alkyl halides is 3. The van der Waals surface area contributed by atoms with Crippen LogP contribution in [-0.2, 0) is 16.3 Å². The Balaban J connectivity index is 2.47. The standard InChI is InChI=1S/C13H6ClF5O3S/c14-9-6-8(15)2-4-11(9)22-23(20,21)12-5-7(13(17,18)19)1-3-10(12)16/h1-6H. The van der Waals surface area contributed by atoms with Gasteiger partial charge in [0.25, 0.3) is 0 Å². The number of rotatable bonds is 3. The fraction of sp³-hybridized carbons (Fsp3) is 0.0769. The number of halogens is 6. The highest BCUT2D eigenvalue weighted by atomic mass is 35.5. The molecule has 0 aromatic heterocycles. The lowest BCUT2D eigenvalue weighted by Gasteiger charge is -2.12. The van der Waals surface area contributed by atoms with E-state index in [-0.39, 0.29) is 6.07 Å². The average Bonchev–Trinajstić information content (AvgIpc) is 2.41. The summed E-state index contributed by atoms with van der Waals surface area (Å²) in [4.78, 5) is -1.31. The quantitative estimate of drug-likeness (QED) is 0.592. The summed E-state index contributed by atoms with van der Waals surface area (Å²) in [6.45, 7) is 0. The number of hydrogen-bond acceptors (Lipinski definition) is 3. The molecule has 0 unspecified atom stereocenters. The molecule has 0 aliphatic heterocycles. The molecule has 0 atom stereocenters. The topological polar surface area (TPSA) is 43.4 Å². The van der Waals surface area contributed by atoms with E-state index >= 15 is 0 Å². The maximum Gasteiger partial charge on any atom is 0.416 e. The Morgan fingerprint density at radius 2 is 1.65 bits per heavy atom. The molecule has 0 spiro atoms. The van der Waals surface area contributed by atoms with Gasteiger partial charge in [-0.3, -0.25) is 0 Å². The Labute approximate surface area is 132 Å². The molecule has 0 saturated carbocycles. The van der Waals surface area contributed by atoms with Crippen LogP contribution in [0.3, 0.4) is 0 Å². The molecule has 124 valence electrons. The minimum absolute atomic E-state index is 0.0993. The van der Waals surface area contributed by atoms with Crippen LogP contribution in [0.15, 0.2) is 41.3 Å². The second-order valence-electron chi connectivity index (χ2n) is 4.26. The second kappa shape index (κ2) is 5.97. The molecule has 0 bridgehead atoms. The van der Waals surface area contributed by atoms with Crippen molar-refractivity contribution in [1.29, 1.82) is 0 Å². The molecule has 10 heteroatoms. The van der Waals surface area contributed by atoms with Crippen molar-refractivity contribution in [2.75, 3.05) is 0 Å². The van der Waals surface area contributed by atoms with Crippen molar-refractivity contribution in [2.24, 2.45) is 0 Å². The third kappa shape index (κ3) is 3.91. The van der Waals surface area contributed by atoms with Crippen LogP contribution in [0.5, 0.6) is 5.75 Å². The molecule has 0 radical (unpaired) electrons. The van der Waals surface area contributed by atoms with Crippen LogP contribution in [0.1, 0.15) is 5.56 Å². The summed E-state index contributed by atoms with van der Waals surface area (Å²) in [5.74, 6) is -2.77. The molecule has 3 nitrogen and oxygen atoms in total. The fourth-order valence-electron chi connectivity index (χ4n) is 1.58. The van der Waals surface area contributed by atoms with Gasteiger partial charge in [0.2, 0.25) is 0 Å². The summed E-state index contributed by atoms with van der Waals surface area (Å²) in [7, 11) is -4.94. The molecule has 23 heavy (non-hydrogen) atoms. The van der Waals surface area contributed by atoms with Crippen molar-refractivity contribution in [2.45, 2.75) is 11.1 Å². The van der Waals surface area contributed by atoms with E-state index in [2.05, 4.69) is 4.18 Å². The van der Waals surface area contributed by atoms with E-state index in [1.54, 1.807) is 0 Å². The zero-order chi connectivity index (χ0) is 17.4. The van der Waals surface area contributed by atoms with Gasteiger partial charge in [0.15, 0.2) is 5.75 Å². The van der Waals surface area contributed by atoms with Gasteiger partial charge in [-0.15, -0.1) is 0 Å². The van der Waals surface area contributed by atoms with Crippen molar-refractivity contribution in [1.82, 2.24) is 0 Å². The molecule has 0 N–H and O–H groups in total. The molecular weight excluding hydrogens is 367 g/mol. The third-order valence-corrected chi connectivity index (χ3v) is 4.17. The Morgan fingerprint density at radius 3 is 2.22 bits per heavy atom. The van der Waals surface area contributed by atoms with E-state index in [0.717, 1.165) is 18.2 Å². The summed E-state index contributed by atoms with van der Waals surface area (Å²) in [6, 6.07) is 3.24. The first-order valence-corrected chi connectivity index (χ1v) is 7.55. The monoisotopic (exact) mass is 372 g/mol. The molecular formula is C13H6ClF5O3S. The van der Waals surface area contributed by atoms with E-state index < -0.39 is 49.2 Å². The predicted octanol–water partition coefficient (Wildman–Crippen LogP) is 4.40. The molecule has 0 aliphatic rings. The normalized spacial score (nSPS) is 12.3. The Bertz CT molecular complexity index is 849. The van der Waals surface area contributed by atoms with E-state index in [9.17, 15) is 30.4 Å². The van der Waals surface area contributed by atoms with E-state index in [4.69, 9.17) is 11.6 Å². The predicted molar refractivity (Wildman–Crippen MR) is 70.6 cm³/mol. The van der Waals surface area contributed by atoms with Crippen LogP contribution >= 0.6 is 11.6 Å². The first-order chi connectivity index (χ1) is 10.5. The van der Waals surface area contributed by atoms with Crippen molar-refractivity contribution in [3.8, 4) is 5.75 Å². The van der Waals surface area contributed by atoms with E-state index in [1.165, 1.54) is 0 Å². The summed E-state index contributed by atoms with van der Waals surface area (Å²) < 4.78 is 92.7. The van der Waals surface area contributed by atoms with Crippen molar-refractivity contribution >= 4 is 21.7 Å². The molecule has 0 fully saturated rings. The Morgan fingerprint density at radius 1 is 1.00 bits per heavy atom. The minimum atomic E-state index is -4.94. The third-order valence-electron chi connectivity index (χ3n) is 2.62. The highest BCUT2D eigenvalue weighted by Gasteiger charge is 2.33. The zero-order valence-corrected chi connectivity index (χ0v) is 12.4. The molecule has 0 saturated heterocycles. The van der Waals surface area contributed by atoms with Gasteiger partial charge in [-0.1, -0.05) is 11.6 Å². The van der Waals surface area contributed by atoms with Crippen molar-refractivity contribution in [3.05, 3.63) is 58.6 Å². The van der Waals surface area contributed by atoms with Crippen LogP contribution in [0.4, 0.5) is 22.0 Å². The van der Waals surface area contributed by atoms with Gasteiger partial charge < -0.3 is 4.18 Å². The van der Waals surface area contributed by atoms with Crippen LogP contribution in [0.2, 0.25) is 5.02 Å². The smallest absolute Gasteiger partial charge is 0.377 e. The number of hydrogen-bond donors (Lipinski definition) is 0. The lowest BCUT2D eigenvalue weighted by molar-refractivity contribution is -0.137. The lowest BCUT2D eigenvalue weighted by Crippen LogP contribution is -2.14. The van der Waals surface area contributed by atoms with E-state index in [1.807, 2.05) is 0 Å². The van der Waals surface area contributed by atoms with Crippen LogP contribution < -0.4 is 4.18 Å². The summed E-state index contributed by atoms with van der Waals surface area (Å²) in [5, 5.41) is -0.444.